The van der Waals surface area contributed by atoms with Gasteiger partial charge in [0, 0.05) is 11.8 Å². The van der Waals surface area contributed by atoms with Crippen molar-refractivity contribution in [3.8, 4) is 0 Å². The summed E-state index contributed by atoms with van der Waals surface area (Å²) in [4.78, 5) is 23.5. The summed E-state index contributed by atoms with van der Waals surface area (Å²) in [5.74, 6) is -1.34. The number of hydrogen-bond acceptors (Lipinski definition) is 3. The molecule has 0 saturated heterocycles. The maximum Gasteiger partial charge on any atom is 0.329 e. The van der Waals surface area contributed by atoms with Gasteiger partial charge in [0.2, 0.25) is 5.91 Å². The Bertz CT molecular complexity index is 560. The van der Waals surface area contributed by atoms with E-state index in [1.165, 1.54) is 6.08 Å². The molecule has 1 amide bonds. The van der Waals surface area contributed by atoms with Crippen molar-refractivity contribution in [1.29, 1.82) is 0 Å². The summed E-state index contributed by atoms with van der Waals surface area (Å²) in [6.45, 7) is 0. The zero-order valence-electron chi connectivity index (χ0n) is 11.8. The number of carboxylic acids is 1. The molecule has 0 spiro atoms. The molecular weight excluding hydrogens is 268 g/mol. The topological polar surface area (TPSA) is 92.4 Å². The van der Waals surface area contributed by atoms with Gasteiger partial charge in [-0.3, -0.25) is 4.79 Å². The molecule has 0 unspecified atom stereocenters. The lowest BCUT2D eigenvalue weighted by molar-refractivity contribution is -0.148. The molecule has 0 heterocycles. The predicted molar refractivity (Wildman–Crippen MR) is 81.5 cm³/mol. The van der Waals surface area contributed by atoms with E-state index in [0.717, 1.165) is 24.8 Å². The first-order valence-corrected chi connectivity index (χ1v) is 7.11. The molecule has 112 valence electrons. The Morgan fingerprint density at radius 3 is 2.57 bits per heavy atom. The zero-order valence-corrected chi connectivity index (χ0v) is 11.8. The first-order chi connectivity index (χ1) is 10.0. The van der Waals surface area contributed by atoms with Crippen molar-refractivity contribution < 1.29 is 14.7 Å². The number of carbonyl (C=O) groups excluding carboxylic acids is 1. The third-order valence-corrected chi connectivity index (χ3v) is 3.82. The summed E-state index contributed by atoms with van der Waals surface area (Å²) in [6, 6.07) is 7.14. The molecule has 1 aromatic rings. The number of amides is 1. The van der Waals surface area contributed by atoms with Crippen LogP contribution in [0.4, 0.5) is 5.69 Å². The number of nitrogen functional groups attached to an aromatic ring is 1. The SMILES string of the molecule is Nc1cccc(/C=C/C(=O)NC2(C(=O)O)CCCCC2)c1. The second-order valence-corrected chi connectivity index (χ2v) is 5.44. The van der Waals surface area contributed by atoms with Gasteiger partial charge in [-0.15, -0.1) is 0 Å². The van der Waals surface area contributed by atoms with E-state index in [1.54, 1.807) is 24.3 Å². The van der Waals surface area contributed by atoms with Gasteiger partial charge in [0.1, 0.15) is 5.54 Å². The van der Waals surface area contributed by atoms with Crippen LogP contribution in [0.5, 0.6) is 0 Å². The minimum Gasteiger partial charge on any atom is -0.480 e. The summed E-state index contributed by atoms with van der Waals surface area (Å²) in [5, 5.41) is 12.1. The fraction of sp³-hybridized carbons (Fsp3) is 0.375. The fourth-order valence-corrected chi connectivity index (χ4v) is 2.66. The van der Waals surface area contributed by atoms with Gasteiger partial charge < -0.3 is 16.2 Å². The van der Waals surface area contributed by atoms with Crippen molar-refractivity contribution in [2.45, 2.75) is 37.6 Å². The molecular formula is C16H20N2O3. The van der Waals surface area contributed by atoms with Gasteiger partial charge in [-0.25, -0.2) is 4.79 Å². The fourth-order valence-electron chi connectivity index (χ4n) is 2.66. The molecule has 0 atom stereocenters. The zero-order chi connectivity index (χ0) is 15.3. The molecule has 0 aromatic heterocycles. The Kier molecular flexibility index (Phi) is 4.62. The number of carbonyl (C=O) groups is 2. The van der Waals surface area contributed by atoms with Crippen molar-refractivity contribution in [3.63, 3.8) is 0 Å². The molecule has 21 heavy (non-hydrogen) atoms. The monoisotopic (exact) mass is 288 g/mol. The highest BCUT2D eigenvalue weighted by Crippen LogP contribution is 2.28. The lowest BCUT2D eigenvalue weighted by atomic mass is 9.81. The molecule has 1 aromatic carbocycles. The highest BCUT2D eigenvalue weighted by atomic mass is 16.4. The van der Waals surface area contributed by atoms with Crippen LogP contribution in [0.1, 0.15) is 37.7 Å². The summed E-state index contributed by atoms with van der Waals surface area (Å²) in [5.41, 5.74) is 5.97. The second kappa shape index (κ2) is 6.43. The second-order valence-electron chi connectivity index (χ2n) is 5.44. The van der Waals surface area contributed by atoms with Crippen LogP contribution < -0.4 is 11.1 Å². The van der Waals surface area contributed by atoms with Crippen LogP contribution >= 0.6 is 0 Å². The van der Waals surface area contributed by atoms with E-state index < -0.39 is 11.5 Å². The van der Waals surface area contributed by atoms with Gasteiger partial charge >= 0.3 is 5.97 Å². The summed E-state index contributed by atoms with van der Waals surface area (Å²) < 4.78 is 0. The van der Waals surface area contributed by atoms with E-state index in [9.17, 15) is 14.7 Å². The average Bonchev–Trinajstić information content (AvgIpc) is 2.46. The van der Waals surface area contributed by atoms with Gasteiger partial charge in [0.05, 0.1) is 0 Å². The molecule has 1 aliphatic carbocycles. The molecule has 1 saturated carbocycles. The van der Waals surface area contributed by atoms with Crippen molar-refractivity contribution in [2.75, 3.05) is 5.73 Å². The minimum absolute atomic E-state index is 0.387. The summed E-state index contributed by atoms with van der Waals surface area (Å²) in [6.07, 6.45) is 6.62. The Morgan fingerprint density at radius 1 is 1.24 bits per heavy atom. The van der Waals surface area contributed by atoms with E-state index in [4.69, 9.17) is 5.73 Å². The maximum atomic E-state index is 12.0. The van der Waals surface area contributed by atoms with Crippen LogP contribution in [0.25, 0.3) is 6.08 Å². The van der Waals surface area contributed by atoms with Crippen LogP contribution in [0.2, 0.25) is 0 Å². The van der Waals surface area contributed by atoms with Crippen molar-refractivity contribution in [1.82, 2.24) is 5.32 Å². The first-order valence-electron chi connectivity index (χ1n) is 7.11. The molecule has 5 nitrogen and oxygen atoms in total. The molecule has 2 rings (SSSR count). The molecule has 0 radical (unpaired) electrons. The number of nitrogens with one attached hydrogen (secondary N) is 1. The van der Waals surface area contributed by atoms with E-state index >= 15 is 0 Å². The van der Waals surface area contributed by atoms with Crippen LogP contribution in [-0.2, 0) is 9.59 Å². The molecule has 0 bridgehead atoms. The molecule has 0 aliphatic heterocycles. The highest BCUT2D eigenvalue weighted by Gasteiger charge is 2.40. The summed E-state index contributed by atoms with van der Waals surface area (Å²) >= 11 is 0. The molecule has 1 aliphatic rings. The van der Waals surface area contributed by atoms with Gasteiger partial charge in [0.15, 0.2) is 0 Å². The lowest BCUT2D eigenvalue weighted by Crippen LogP contribution is -2.55. The number of benzene rings is 1. The van der Waals surface area contributed by atoms with E-state index in [1.807, 2.05) is 6.07 Å². The number of anilines is 1. The first kappa shape index (κ1) is 15.1. The van der Waals surface area contributed by atoms with Gasteiger partial charge in [-0.05, 0) is 36.6 Å². The lowest BCUT2D eigenvalue weighted by Gasteiger charge is -2.33. The highest BCUT2D eigenvalue weighted by molar-refractivity contribution is 5.95. The normalized spacial score (nSPS) is 17.5. The number of hydrogen-bond donors (Lipinski definition) is 3. The standard InChI is InChI=1S/C16H20N2O3/c17-13-6-4-5-12(11-13)7-8-14(19)18-16(15(20)21)9-2-1-3-10-16/h4-8,11H,1-3,9-10,17H2,(H,18,19)(H,20,21)/b8-7+. The Labute approximate surface area is 123 Å². The largest absolute Gasteiger partial charge is 0.480 e. The van der Waals surface area contributed by atoms with Crippen molar-refractivity contribution in [3.05, 3.63) is 35.9 Å². The smallest absolute Gasteiger partial charge is 0.329 e. The van der Waals surface area contributed by atoms with Crippen LogP contribution in [-0.4, -0.2) is 22.5 Å². The molecule has 1 fully saturated rings. The molecule has 4 N–H and O–H groups in total. The maximum absolute atomic E-state index is 12.0. The third-order valence-electron chi connectivity index (χ3n) is 3.82. The van der Waals surface area contributed by atoms with Crippen LogP contribution in [0.15, 0.2) is 30.3 Å². The Balaban J connectivity index is 2.04. The van der Waals surface area contributed by atoms with Gasteiger partial charge in [0.25, 0.3) is 0 Å². The molecule has 5 heteroatoms. The van der Waals surface area contributed by atoms with Crippen molar-refractivity contribution >= 4 is 23.6 Å². The van der Waals surface area contributed by atoms with E-state index in [0.29, 0.717) is 18.5 Å². The quantitative estimate of drug-likeness (QED) is 0.585. The van der Waals surface area contributed by atoms with Gasteiger partial charge in [-0.2, -0.15) is 0 Å². The number of carboxylic acid groups (broad SMARTS) is 1. The minimum atomic E-state index is -1.12. The third kappa shape index (κ3) is 3.84. The summed E-state index contributed by atoms with van der Waals surface area (Å²) in [7, 11) is 0. The van der Waals surface area contributed by atoms with E-state index in [2.05, 4.69) is 5.32 Å². The Morgan fingerprint density at radius 2 is 1.95 bits per heavy atom. The Hall–Kier alpha value is -2.30. The van der Waals surface area contributed by atoms with Crippen LogP contribution in [0.3, 0.4) is 0 Å². The van der Waals surface area contributed by atoms with Crippen LogP contribution in [0, 0.1) is 0 Å². The number of nitrogens with two attached hydrogens (primary N) is 1. The van der Waals surface area contributed by atoms with Gasteiger partial charge in [-0.1, -0.05) is 31.4 Å². The number of rotatable bonds is 4. The van der Waals surface area contributed by atoms with Crippen molar-refractivity contribution in [2.24, 2.45) is 0 Å². The predicted octanol–water partition coefficient (Wildman–Crippen LogP) is 2.19. The average molecular weight is 288 g/mol. The number of aliphatic carboxylic acids is 1. The van der Waals surface area contributed by atoms with E-state index in [-0.39, 0.29) is 5.91 Å².